The van der Waals surface area contributed by atoms with Gasteiger partial charge in [-0.2, -0.15) is 0 Å². The van der Waals surface area contributed by atoms with Crippen molar-refractivity contribution in [1.29, 1.82) is 0 Å². The summed E-state index contributed by atoms with van der Waals surface area (Å²) in [5.74, 6) is 1.83. The Morgan fingerprint density at radius 1 is 1.23 bits per heavy atom. The summed E-state index contributed by atoms with van der Waals surface area (Å²) in [4.78, 5) is 9.79. The summed E-state index contributed by atoms with van der Waals surface area (Å²) in [6.45, 7) is 13.8. The van der Waals surface area contributed by atoms with Gasteiger partial charge in [-0.25, -0.2) is 0 Å². The molecule has 1 aromatic rings. The molecular formula is C22H38IN5O2. The summed E-state index contributed by atoms with van der Waals surface area (Å²) in [6, 6.07) is 8.60. The van der Waals surface area contributed by atoms with E-state index in [1.165, 1.54) is 0 Å². The van der Waals surface area contributed by atoms with Crippen molar-refractivity contribution in [3.05, 3.63) is 24.3 Å². The third-order valence-corrected chi connectivity index (χ3v) is 5.79. The first-order chi connectivity index (χ1) is 14.0. The summed E-state index contributed by atoms with van der Waals surface area (Å²) in [6.07, 6.45) is 1.08. The van der Waals surface area contributed by atoms with Crippen molar-refractivity contribution in [2.24, 2.45) is 4.99 Å². The molecule has 3 rings (SSSR count). The third-order valence-electron chi connectivity index (χ3n) is 5.79. The van der Waals surface area contributed by atoms with E-state index in [-0.39, 0.29) is 29.5 Å². The summed E-state index contributed by atoms with van der Waals surface area (Å²) < 4.78 is 11.0. The monoisotopic (exact) mass is 531 g/mol. The number of benzene rings is 1. The number of rotatable bonds is 7. The highest BCUT2D eigenvalue weighted by atomic mass is 127. The Hall–Kier alpha value is -1.26. The zero-order valence-corrected chi connectivity index (χ0v) is 21.1. The number of para-hydroxylation sites is 2. The smallest absolute Gasteiger partial charge is 0.191 e. The van der Waals surface area contributed by atoms with Crippen LogP contribution in [0.1, 0.15) is 27.2 Å². The van der Waals surface area contributed by atoms with E-state index in [2.05, 4.69) is 53.3 Å². The Bertz CT molecular complexity index is 679. The molecule has 2 fully saturated rings. The van der Waals surface area contributed by atoms with E-state index in [4.69, 9.17) is 14.5 Å². The summed E-state index contributed by atoms with van der Waals surface area (Å²) in [5, 5.41) is 7.06. The van der Waals surface area contributed by atoms with Gasteiger partial charge in [0, 0.05) is 44.3 Å². The maximum absolute atomic E-state index is 5.53. The van der Waals surface area contributed by atoms with Gasteiger partial charge in [0.05, 0.1) is 32.6 Å². The van der Waals surface area contributed by atoms with Gasteiger partial charge in [0.2, 0.25) is 0 Å². The predicted molar refractivity (Wildman–Crippen MR) is 135 cm³/mol. The van der Waals surface area contributed by atoms with Gasteiger partial charge in [-0.3, -0.25) is 9.89 Å². The molecule has 8 heteroatoms. The fraction of sp³-hybridized carbons (Fsp3) is 0.682. The lowest BCUT2D eigenvalue weighted by Gasteiger charge is -2.40. The Labute approximate surface area is 198 Å². The van der Waals surface area contributed by atoms with Gasteiger partial charge in [0.25, 0.3) is 0 Å². The molecule has 30 heavy (non-hydrogen) atoms. The molecule has 1 unspecified atom stereocenters. The number of halogens is 1. The van der Waals surface area contributed by atoms with Gasteiger partial charge in [-0.1, -0.05) is 12.1 Å². The predicted octanol–water partition coefficient (Wildman–Crippen LogP) is 2.56. The molecule has 2 saturated heterocycles. The number of hydrogen-bond donors (Lipinski definition) is 2. The van der Waals surface area contributed by atoms with Crippen LogP contribution in [0.3, 0.4) is 0 Å². The lowest BCUT2D eigenvalue weighted by Crippen LogP contribution is -2.52. The molecule has 0 spiro atoms. The Balaban J connectivity index is 0.00000320. The van der Waals surface area contributed by atoms with Crippen molar-refractivity contribution in [2.75, 3.05) is 64.5 Å². The molecule has 1 aromatic carbocycles. The van der Waals surface area contributed by atoms with Crippen LogP contribution in [0.2, 0.25) is 0 Å². The second kappa shape index (κ2) is 12.0. The first-order valence-corrected chi connectivity index (χ1v) is 10.8. The maximum atomic E-state index is 5.53. The van der Waals surface area contributed by atoms with Gasteiger partial charge in [-0.05, 0) is 39.3 Å². The zero-order valence-electron chi connectivity index (χ0n) is 18.8. The molecule has 7 nitrogen and oxygen atoms in total. The fourth-order valence-corrected chi connectivity index (χ4v) is 4.04. The Morgan fingerprint density at radius 3 is 2.67 bits per heavy atom. The summed E-state index contributed by atoms with van der Waals surface area (Å²) in [5.41, 5.74) is 1.18. The quantitative estimate of drug-likeness (QED) is 0.321. The highest BCUT2D eigenvalue weighted by molar-refractivity contribution is 14.0. The van der Waals surface area contributed by atoms with Crippen LogP contribution in [-0.4, -0.2) is 82.0 Å². The van der Waals surface area contributed by atoms with E-state index in [0.717, 1.165) is 76.3 Å². The second-order valence-corrected chi connectivity index (χ2v) is 8.35. The molecule has 1 atom stereocenters. The van der Waals surface area contributed by atoms with Gasteiger partial charge in [-0.15, -0.1) is 24.0 Å². The van der Waals surface area contributed by atoms with Crippen molar-refractivity contribution in [2.45, 2.75) is 38.8 Å². The van der Waals surface area contributed by atoms with Gasteiger partial charge < -0.3 is 25.0 Å². The number of methoxy groups -OCH3 is 1. The summed E-state index contributed by atoms with van der Waals surface area (Å²) >= 11 is 0. The first-order valence-electron chi connectivity index (χ1n) is 10.8. The van der Waals surface area contributed by atoms with Crippen LogP contribution >= 0.6 is 24.0 Å². The number of ether oxygens (including phenoxy) is 2. The first kappa shape index (κ1) is 25.0. The number of nitrogens with zero attached hydrogens (tertiary/aromatic N) is 3. The highest BCUT2D eigenvalue weighted by Gasteiger charge is 2.29. The lowest BCUT2D eigenvalue weighted by atomic mass is 10.0. The number of hydrogen-bond acceptors (Lipinski definition) is 5. The van der Waals surface area contributed by atoms with Crippen molar-refractivity contribution in [3.8, 4) is 5.75 Å². The largest absolute Gasteiger partial charge is 0.495 e. The SMILES string of the molecule is CCNC(=NCC(C)(C)N1CCOCC1)NC1CCN(c2ccccc2OC)C1.I. The van der Waals surface area contributed by atoms with Gasteiger partial charge in [0.1, 0.15) is 5.75 Å². The zero-order chi connectivity index (χ0) is 20.7. The number of guanidine groups is 1. The molecule has 2 aliphatic heterocycles. The van der Waals surface area contributed by atoms with Gasteiger partial charge >= 0.3 is 0 Å². The Morgan fingerprint density at radius 2 is 1.97 bits per heavy atom. The standard InChI is InChI=1S/C22H37N5O2.HI/c1-5-23-21(24-17-22(2,3)27-12-14-29-15-13-27)25-18-10-11-26(16-18)19-8-6-7-9-20(19)28-4;/h6-9,18H,5,10-17H2,1-4H3,(H2,23,24,25);1H. The number of anilines is 1. The van der Waals surface area contributed by atoms with E-state index >= 15 is 0 Å². The highest BCUT2D eigenvalue weighted by Crippen LogP contribution is 2.30. The normalized spacial score (nSPS) is 20.6. The second-order valence-electron chi connectivity index (χ2n) is 8.35. The van der Waals surface area contributed by atoms with Crippen molar-refractivity contribution in [3.63, 3.8) is 0 Å². The minimum Gasteiger partial charge on any atom is -0.495 e. The number of aliphatic imine (C=N–C) groups is 1. The topological polar surface area (TPSA) is 61.4 Å². The lowest BCUT2D eigenvalue weighted by molar-refractivity contribution is -0.00684. The molecule has 2 aliphatic rings. The molecule has 0 saturated carbocycles. The third kappa shape index (κ3) is 6.62. The van der Waals surface area contributed by atoms with E-state index in [1.807, 2.05) is 12.1 Å². The number of nitrogens with one attached hydrogen (secondary N) is 2. The molecule has 2 heterocycles. The van der Waals surface area contributed by atoms with Crippen LogP contribution < -0.4 is 20.3 Å². The maximum Gasteiger partial charge on any atom is 0.191 e. The van der Waals surface area contributed by atoms with Crippen molar-refractivity contribution < 1.29 is 9.47 Å². The van der Waals surface area contributed by atoms with E-state index < -0.39 is 0 Å². The molecule has 0 bridgehead atoms. The summed E-state index contributed by atoms with van der Waals surface area (Å²) in [7, 11) is 1.73. The average Bonchev–Trinajstić information content (AvgIpc) is 3.21. The van der Waals surface area contributed by atoms with E-state index in [1.54, 1.807) is 7.11 Å². The van der Waals surface area contributed by atoms with Crippen LogP contribution in [0.25, 0.3) is 0 Å². The minimum absolute atomic E-state index is 0. The molecule has 0 radical (unpaired) electrons. The van der Waals surface area contributed by atoms with Crippen LogP contribution in [0, 0.1) is 0 Å². The van der Waals surface area contributed by atoms with Crippen LogP contribution in [0.4, 0.5) is 5.69 Å². The van der Waals surface area contributed by atoms with Crippen LogP contribution in [0.5, 0.6) is 5.75 Å². The molecule has 0 aromatic heterocycles. The average molecular weight is 531 g/mol. The van der Waals surface area contributed by atoms with Crippen molar-refractivity contribution >= 4 is 35.6 Å². The van der Waals surface area contributed by atoms with Crippen LogP contribution in [0.15, 0.2) is 29.3 Å². The Kier molecular flexibility index (Phi) is 9.96. The molecule has 0 amide bonds. The minimum atomic E-state index is 0. The van der Waals surface area contributed by atoms with Crippen molar-refractivity contribution in [1.82, 2.24) is 15.5 Å². The van der Waals surface area contributed by atoms with Crippen LogP contribution in [-0.2, 0) is 4.74 Å². The number of morpholine rings is 1. The molecule has 2 N–H and O–H groups in total. The van der Waals surface area contributed by atoms with E-state index in [9.17, 15) is 0 Å². The fourth-order valence-electron chi connectivity index (χ4n) is 4.04. The van der Waals surface area contributed by atoms with Gasteiger partial charge in [0.15, 0.2) is 5.96 Å². The van der Waals surface area contributed by atoms with E-state index in [0.29, 0.717) is 6.04 Å². The molecular weight excluding hydrogens is 493 g/mol. The molecule has 0 aliphatic carbocycles. The molecule has 170 valence electrons.